The van der Waals surface area contributed by atoms with Gasteiger partial charge in [0, 0.05) is 6.04 Å². The van der Waals surface area contributed by atoms with Crippen molar-refractivity contribution in [2.45, 2.75) is 37.6 Å². The maximum Gasteiger partial charge on any atom is 0.275 e. The van der Waals surface area contributed by atoms with Gasteiger partial charge in [0.2, 0.25) is 10.0 Å². The Hall–Kier alpha value is -1.22. The van der Waals surface area contributed by atoms with Gasteiger partial charge in [-0.25, -0.2) is 12.8 Å². The number of hydrogen-bond donors (Lipinski definition) is 2. The Morgan fingerprint density at radius 2 is 2.04 bits per heavy atom. The van der Waals surface area contributed by atoms with Gasteiger partial charge in [-0.3, -0.25) is 4.79 Å². The molecule has 0 radical (unpaired) electrons. The molecule has 1 fully saturated rings. The highest BCUT2D eigenvalue weighted by atomic mass is 35.5. The molecule has 1 aromatic carbocycles. The van der Waals surface area contributed by atoms with E-state index in [2.05, 4.69) is 12.2 Å². The summed E-state index contributed by atoms with van der Waals surface area (Å²) in [6.45, 7) is 6.10. The molecule has 0 bridgehead atoms. The molecule has 0 spiro atoms. The molecule has 1 aliphatic heterocycles. The Balaban J connectivity index is 1.91. The van der Waals surface area contributed by atoms with Gasteiger partial charge in [0.1, 0.15) is 5.82 Å². The number of benzene rings is 1. The molecule has 0 aromatic heterocycles. The summed E-state index contributed by atoms with van der Waals surface area (Å²) in [6.07, 6.45) is 1.95. The van der Waals surface area contributed by atoms with E-state index in [1.54, 1.807) is 0 Å². The van der Waals surface area contributed by atoms with Crippen molar-refractivity contribution in [3.8, 4) is 0 Å². The Bertz CT molecular complexity index is 737. The fourth-order valence-electron chi connectivity index (χ4n) is 3.06. The van der Waals surface area contributed by atoms with E-state index in [9.17, 15) is 17.6 Å². The van der Waals surface area contributed by atoms with Crippen molar-refractivity contribution >= 4 is 27.5 Å². The molecule has 2 rings (SSSR count). The zero-order chi connectivity index (χ0) is 19.3. The molecular weight excluding hydrogens is 381 g/mol. The van der Waals surface area contributed by atoms with Crippen molar-refractivity contribution in [3.63, 3.8) is 0 Å². The van der Waals surface area contributed by atoms with Crippen LogP contribution in [0.3, 0.4) is 0 Å². The molecule has 2 N–H and O–H groups in total. The van der Waals surface area contributed by atoms with Crippen LogP contribution in [0.25, 0.3) is 0 Å². The number of carbonyl (C=O) groups excluding carboxylic acids is 1. The topological polar surface area (TPSA) is 70.9 Å². The van der Waals surface area contributed by atoms with E-state index < -0.39 is 15.8 Å². The first-order valence-electron chi connectivity index (χ1n) is 8.82. The Morgan fingerprint density at radius 3 is 2.62 bits per heavy atom. The molecule has 6 nitrogen and oxygen atoms in total. The first-order chi connectivity index (χ1) is 12.2. The summed E-state index contributed by atoms with van der Waals surface area (Å²) in [5.74, 6) is -0.661. The quantitative estimate of drug-likeness (QED) is 0.699. The summed E-state index contributed by atoms with van der Waals surface area (Å²) in [7, 11) is -3.71. The summed E-state index contributed by atoms with van der Waals surface area (Å²) < 4.78 is 39.9. The van der Waals surface area contributed by atoms with E-state index in [-0.39, 0.29) is 21.9 Å². The molecule has 1 atom stereocenters. The van der Waals surface area contributed by atoms with Crippen LogP contribution < -0.4 is 10.2 Å². The second kappa shape index (κ2) is 9.12. The SMILES string of the molecule is CCC[C@@H](C)NC(=O)C[NH+]1CCN(S(=O)(=O)c2ccc(F)c(Cl)c2)CC1. The number of sulfonamides is 1. The number of hydrogen-bond acceptors (Lipinski definition) is 3. The third-order valence-electron chi connectivity index (χ3n) is 4.50. The van der Waals surface area contributed by atoms with Crippen LogP contribution in [0.15, 0.2) is 23.1 Å². The average molecular weight is 407 g/mol. The van der Waals surface area contributed by atoms with Crippen LogP contribution in [0.5, 0.6) is 0 Å². The van der Waals surface area contributed by atoms with Crippen molar-refractivity contribution in [1.29, 1.82) is 0 Å². The van der Waals surface area contributed by atoms with Crippen LogP contribution in [-0.2, 0) is 14.8 Å². The first kappa shape index (κ1) is 21.1. The molecule has 0 unspecified atom stereocenters. The fraction of sp³-hybridized carbons (Fsp3) is 0.588. The summed E-state index contributed by atoms with van der Waals surface area (Å²) in [6, 6.07) is 3.56. The molecule has 9 heteroatoms. The maximum atomic E-state index is 13.3. The van der Waals surface area contributed by atoms with Crippen LogP contribution in [0, 0.1) is 5.82 Å². The van der Waals surface area contributed by atoms with Gasteiger partial charge in [-0.05, 0) is 31.5 Å². The number of nitrogens with one attached hydrogen (secondary N) is 2. The van der Waals surface area contributed by atoms with Crippen LogP contribution >= 0.6 is 11.6 Å². The second-order valence-electron chi connectivity index (χ2n) is 6.66. The van der Waals surface area contributed by atoms with Gasteiger partial charge >= 0.3 is 0 Å². The smallest absolute Gasteiger partial charge is 0.275 e. The van der Waals surface area contributed by atoms with Crippen LogP contribution in [0.2, 0.25) is 5.02 Å². The highest BCUT2D eigenvalue weighted by Gasteiger charge is 2.31. The number of halogens is 2. The number of quaternary nitrogens is 1. The minimum absolute atomic E-state index is 0.0115. The molecule has 1 amide bonds. The lowest BCUT2D eigenvalue weighted by Crippen LogP contribution is -3.15. The number of piperazine rings is 1. The Labute approximate surface area is 159 Å². The summed E-state index contributed by atoms with van der Waals surface area (Å²) in [4.78, 5) is 13.1. The number of amides is 1. The molecule has 146 valence electrons. The van der Waals surface area contributed by atoms with Crippen LogP contribution in [0.1, 0.15) is 26.7 Å². The van der Waals surface area contributed by atoms with Crippen molar-refractivity contribution in [2.75, 3.05) is 32.7 Å². The lowest BCUT2D eigenvalue weighted by atomic mass is 10.2. The van der Waals surface area contributed by atoms with Crippen LogP contribution in [-0.4, -0.2) is 57.4 Å². The maximum absolute atomic E-state index is 13.3. The van der Waals surface area contributed by atoms with E-state index in [0.717, 1.165) is 29.9 Å². The van der Waals surface area contributed by atoms with Gasteiger partial charge in [-0.1, -0.05) is 24.9 Å². The second-order valence-corrected chi connectivity index (χ2v) is 9.01. The lowest BCUT2D eigenvalue weighted by Gasteiger charge is -2.31. The zero-order valence-corrected chi connectivity index (χ0v) is 16.7. The Kier molecular flexibility index (Phi) is 7.40. The molecule has 0 aliphatic carbocycles. The third kappa shape index (κ3) is 5.39. The summed E-state index contributed by atoms with van der Waals surface area (Å²) >= 11 is 5.70. The van der Waals surface area contributed by atoms with E-state index in [4.69, 9.17) is 11.6 Å². The summed E-state index contributed by atoms with van der Waals surface area (Å²) in [5, 5.41) is 2.75. The third-order valence-corrected chi connectivity index (χ3v) is 6.68. The highest BCUT2D eigenvalue weighted by molar-refractivity contribution is 7.89. The average Bonchev–Trinajstić information content (AvgIpc) is 2.57. The van der Waals surface area contributed by atoms with Gasteiger partial charge in [0.05, 0.1) is 36.1 Å². The predicted octanol–water partition coefficient (Wildman–Crippen LogP) is 0.673. The normalized spacial score (nSPS) is 17.8. The number of carbonyl (C=O) groups is 1. The molecule has 0 saturated carbocycles. The molecule has 1 heterocycles. The lowest BCUT2D eigenvalue weighted by molar-refractivity contribution is -0.895. The largest absolute Gasteiger partial charge is 0.349 e. The highest BCUT2D eigenvalue weighted by Crippen LogP contribution is 2.22. The van der Waals surface area contributed by atoms with E-state index in [1.165, 1.54) is 10.4 Å². The van der Waals surface area contributed by atoms with Crippen LogP contribution in [0.4, 0.5) is 4.39 Å². The molecule has 1 aromatic rings. The molecular formula is C17H26ClFN3O3S+. The van der Waals surface area contributed by atoms with Gasteiger partial charge < -0.3 is 10.2 Å². The first-order valence-corrected chi connectivity index (χ1v) is 10.6. The van der Waals surface area contributed by atoms with Crippen molar-refractivity contribution in [2.24, 2.45) is 0 Å². The van der Waals surface area contributed by atoms with Gasteiger partial charge in [-0.15, -0.1) is 0 Å². The van der Waals surface area contributed by atoms with Gasteiger partial charge in [0.15, 0.2) is 6.54 Å². The molecule has 1 saturated heterocycles. The minimum Gasteiger partial charge on any atom is -0.349 e. The molecule has 26 heavy (non-hydrogen) atoms. The standard InChI is InChI=1S/C17H25ClFN3O3S/c1-3-4-13(2)20-17(23)12-21-7-9-22(10-8-21)26(24,25)14-5-6-16(19)15(18)11-14/h5-6,11,13H,3-4,7-10,12H2,1-2H3,(H,20,23)/p+1/t13-/m1/s1. The van der Waals surface area contributed by atoms with E-state index >= 15 is 0 Å². The van der Waals surface area contributed by atoms with E-state index in [0.29, 0.717) is 32.7 Å². The minimum atomic E-state index is -3.71. The van der Waals surface area contributed by atoms with E-state index in [1.807, 2.05) is 6.92 Å². The summed E-state index contributed by atoms with van der Waals surface area (Å²) in [5.41, 5.74) is 0. The van der Waals surface area contributed by atoms with Gasteiger partial charge in [-0.2, -0.15) is 4.31 Å². The van der Waals surface area contributed by atoms with Crippen molar-refractivity contribution in [1.82, 2.24) is 9.62 Å². The number of nitrogens with zero attached hydrogens (tertiary/aromatic N) is 1. The number of rotatable bonds is 7. The zero-order valence-electron chi connectivity index (χ0n) is 15.1. The van der Waals surface area contributed by atoms with Crippen molar-refractivity contribution in [3.05, 3.63) is 29.0 Å². The monoisotopic (exact) mass is 406 g/mol. The van der Waals surface area contributed by atoms with Crippen molar-refractivity contribution < 1.29 is 22.5 Å². The van der Waals surface area contributed by atoms with Gasteiger partial charge in [0.25, 0.3) is 5.91 Å². The fourth-order valence-corrected chi connectivity index (χ4v) is 4.78. The Morgan fingerprint density at radius 1 is 1.38 bits per heavy atom. The molecule has 1 aliphatic rings. The predicted molar refractivity (Wildman–Crippen MR) is 98.2 cm³/mol.